The van der Waals surface area contributed by atoms with Crippen LogP contribution in [0.25, 0.3) is 28.0 Å². The molecule has 1 atom stereocenters. The molecule has 0 bridgehead atoms. The molecule has 170 valence electrons. The summed E-state index contributed by atoms with van der Waals surface area (Å²) in [4.78, 5) is 9.73. The van der Waals surface area contributed by atoms with Gasteiger partial charge in [-0.1, -0.05) is 12.1 Å². The van der Waals surface area contributed by atoms with Crippen LogP contribution < -0.4 is 9.80 Å². The standard InChI is InChI=1S/C24H27N7O2/c1-17-16-33-13-10-30(17)23-14-20(18-2-4-19(5-3-18)29-8-11-32-12-9-29)21-15-26-31(24(21)27-23)22-6-7-25-28-22/h2-7,14-15,17H,8-13,16H2,1H3,(H,25,28)/t17-/m1/s1. The van der Waals surface area contributed by atoms with E-state index in [1.54, 1.807) is 6.20 Å². The van der Waals surface area contributed by atoms with E-state index in [0.717, 1.165) is 66.6 Å². The van der Waals surface area contributed by atoms with E-state index < -0.39 is 0 Å². The van der Waals surface area contributed by atoms with Crippen LogP contribution in [-0.4, -0.2) is 77.1 Å². The van der Waals surface area contributed by atoms with E-state index in [4.69, 9.17) is 14.5 Å². The molecule has 6 rings (SSSR count). The summed E-state index contributed by atoms with van der Waals surface area (Å²) in [7, 11) is 0. The smallest absolute Gasteiger partial charge is 0.167 e. The van der Waals surface area contributed by atoms with E-state index in [1.165, 1.54) is 5.69 Å². The van der Waals surface area contributed by atoms with Gasteiger partial charge in [0, 0.05) is 36.8 Å². The molecule has 0 aliphatic carbocycles. The summed E-state index contributed by atoms with van der Waals surface area (Å²) in [6, 6.07) is 13.1. The largest absolute Gasteiger partial charge is 0.378 e. The van der Waals surface area contributed by atoms with Crippen molar-refractivity contribution in [3.63, 3.8) is 0 Å². The Morgan fingerprint density at radius 1 is 1.00 bits per heavy atom. The summed E-state index contributed by atoms with van der Waals surface area (Å²) >= 11 is 0. The first-order chi connectivity index (χ1) is 16.3. The minimum atomic E-state index is 0.253. The fourth-order valence-electron chi connectivity index (χ4n) is 4.66. The number of ether oxygens (including phenoxy) is 2. The van der Waals surface area contributed by atoms with E-state index in [1.807, 2.05) is 16.9 Å². The summed E-state index contributed by atoms with van der Waals surface area (Å²) in [5.74, 6) is 1.73. The molecule has 9 heteroatoms. The van der Waals surface area contributed by atoms with Gasteiger partial charge in [0.25, 0.3) is 0 Å². The molecule has 1 aromatic carbocycles. The van der Waals surface area contributed by atoms with Crippen LogP contribution in [0.5, 0.6) is 0 Å². The normalized spacial score (nSPS) is 19.4. The first kappa shape index (κ1) is 20.2. The fourth-order valence-corrected chi connectivity index (χ4v) is 4.66. The molecule has 3 aromatic heterocycles. The Morgan fingerprint density at radius 2 is 1.82 bits per heavy atom. The Labute approximate surface area is 191 Å². The number of H-pyrrole nitrogens is 1. The molecule has 0 amide bonds. The number of pyridine rings is 1. The molecule has 2 saturated heterocycles. The molecule has 5 heterocycles. The van der Waals surface area contributed by atoms with Gasteiger partial charge in [-0.3, -0.25) is 5.10 Å². The van der Waals surface area contributed by atoms with Crippen molar-refractivity contribution in [1.82, 2.24) is 25.0 Å². The van der Waals surface area contributed by atoms with Crippen LogP contribution in [0.1, 0.15) is 6.92 Å². The van der Waals surface area contributed by atoms with Crippen LogP contribution in [0.15, 0.2) is 48.8 Å². The number of benzene rings is 1. The van der Waals surface area contributed by atoms with E-state index in [2.05, 4.69) is 62.4 Å². The third-order valence-electron chi connectivity index (χ3n) is 6.46. The lowest BCUT2D eigenvalue weighted by molar-refractivity contribution is 0.0985. The van der Waals surface area contributed by atoms with Gasteiger partial charge in [-0.2, -0.15) is 14.9 Å². The third-order valence-corrected chi connectivity index (χ3v) is 6.46. The minimum Gasteiger partial charge on any atom is -0.378 e. The zero-order valence-electron chi connectivity index (χ0n) is 18.6. The Balaban J connectivity index is 1.46. The summed E-state index contributed by atoms with van der Waals surface area (Å²) in [5, 5.41) is 12.7. The predicted octanol–water partition coefficient (Wildman–Crippen LogP) is 2.87. The van der Waals surface area contributed by atoms with Crippen LogP contribution in [0.2, 0.25) is 0 Å². The number of fused-ring (bicyclic) bond motifs is 1. The number of aromatic amines is 1. The lowest BCUT2D eigenvalue weighted by Crippen LogP contribution is -2.44. The monoisotopic (exact) mass is 445 g/mol. The number of anilines is 2. The maximum atomic E-state index is 5.66. The maximum absolute atomic E-state index is 5.66. The molecular weight excluding hydrogens is 418 g/mol. The van der Waals surface area contributed by atoms with Crippen molar-refractivity contribution in [3.05, 3.63) is 48.8 Å². The summed E-state index contributed by atoms with van der Waals surface area (Å²) in [6.07, 6.45) is 3.61. The number of hydrogen-bond donors (Lipinski definition) is 1. The average molecular weight is 446 g/mol. The van der Waals surface area contributed by atoms with Crippen LogP contribution in [0, 0.1) is 0 Å². The van der Waals surface area contributed by atoms with Crippen LogP contribution in [0.3, 0.4) is 0 Å². The second-order valence-electron chi connectivity index (χ2n) is 8.53. The number of nitrogens with zero attached hydrogens (tertiary/aromatic N) is 6. The molecular formula is C24H27N7O2. The summed E-state index contributed by atoms with van der Waals surface area (Å²) < 4.78 is 13.0. The highest BCUT2D eigenvalue weighted by Crippen LogP contribution is 2.34. The van der Waals surface area contributed by atoms with Gasteiger partial charge in [0.05, 0.1) is 44.9 Å². The molecule has 0 spiro atoms. The third kappa shape index (κ3) is 3.73. The Bertz CT molecular complexity index is 1230. The Kier molecular flexibility index (Phi) is 5.20. The molecule has 2 aliphatic rings. The van der Waals surface area contributed by atoms with Gasteiger partial charge in [0.2, 0.25) is 0 Å². The number of hydrogen-bond acceptors (Lipinski definition) is 7. The van der Waals surface area contributed by atoms with Gasteiger partial charge in [-0.15, -0.1) is 0 Å². The molecule has 2 aliphatic heterocycles. The molecule has 2 fully saturated rings. The second kappa shape index (κ2) is 8.49. The lowest BCUT2D eigenvalue weighted by atomic mass is 10.0. The summed E-state index contributed by atoms with van der Waals surface area (Å²) in [6.45, 7) is 7.79. The molecule has 0 saturated carbocycles. The van der Waals surface area contributed by atoms with E-state index >= 15 is 0 Å². The lowest BCUT2D eigenvalue weighted by Gasteiger charge is -2.34. The highest BCUT2D eigenvalue weighted by Gasteiger charge is 2.23. The van der Waals surface area contributed by atoms with Crippen molar-refractivity contribution in [2.24, 2.45) is 0 Å². The zero-order chi connectivity index (χ0) is 22.2. The highest BCUT2D eigenvalue weighted by molar-refractivity contribution is 5.95. The number of morpholine rings is 2. The van der Waals surface area contributed by atoms with Crippen molar-refractivity contribution in [2.75, 3.05) is 55.9 Å². The Morgan fingerprint density at radius 3 is 2.58 bits per heavy atom. The molecule has 0 radical (unpaired) electrons. The highest BCUT2D eigenvalue weighted by atomic mass is 16.5. The minimum absolute atomic E-state index is 0.253. The van der Waals surface area contributed by atoms with Crippen molar-refractivity contribution in [1.29, 1.82) is 0 Å². The number of nitrogens with one attached hydrogen (secondary N) is 1. The fraction of sp³-hybridized carbons (Fsp3) is 0.375. The quantitative estimate of drug-likeness (QED) is 0.517. The van der Waals surface area contributed by atoms with Gasteiger partial charge >= 0.3 is 0 Å². The van der Waals surface area contributed by atoms with Gasteiger partial charge in [-0.25, -0.2) is 4.98 Å². The number of rotatable bonds is 4. The van der Waals surface area contributed by atoms with Gasteiger partial charge in [0.1, 0.15) is 5.82 Å². The zero-order valence-corrected chi connectivity index (χ0v) is 18.6. The van der Waals surface area contributed by atoms with Crippen molar-refractivity contribution < 1.29 is 9.47 Å². The molecule has 0 unspecified atom stereocenters. The first-order valence-corrected chi connectivity index (χ1v) is 11.4. The molecule has 33 heavy (non-hydrogen) atoms. The van der Waals surface area contributed by atoms with Crippen molar-refractivity contribution in [2.45, 2.75) is 13.0 Å². The maximum Gasteiger partial charge on any atom is 0.167 e. The molecule has 9 nitrogen and oxygen atoms in total. The molecule has 4 aromatic rings. The van der Waals surface area contributed by atoms with Gasteiger partial charge < -0.3 is 19.3 Å². The van der Waals surface area contributed by atoms with Crippen LogP contribution in [-0.2, 0) is 9.47 Å². The topological polar surface area (TPSA) is 84.3 Å². The predicted molar refractivity (Wildman–Crippen MR) is 127 cm³/mol. The van der Waals surface area contributed by atoms with Crippen LogP contribution >= 0.6 is 0 Å². The van der Waals surface area contributed by atoms with E-state index in [9.17, 15) is 0 Å². The van der Waals surface area contributed by atoms with Gasteiger partial charge in [-0.05, 0) is 36.2 Å². The molecule has 1 N–H and O–H groups in total. The van der Waals surface area contributed by atoms with Crippen LogP contribution in [0.4, 0.5) is 11.5 Å². The average Bonchev–Trinajstić information content (AvgIpc) is 3.54. The van der Waals surface area contributed by atoms with E-state index in [-0.39, 0.29) is 6.04 Å². The van der Waals surface area contributed by atoms with Crippen molar-refractivity contribution >= 4 is 22.5 Å². The second-order valence-corrected chi connectivity index (χ2v) is 8.53. The first-order valence-electron chi connectivity index (χ1n) is 11.4. The van der Waals surface area contributed by atoms with E-state index in [0.29, 0.717) is 13.2 Å². The van der Waals surface area contributed by atoms with Gasteiger partial charge in [0.15, 0.2) is 11.5 Å². The Hall–Kier alpha value is -3.43. The SMILES string of the molecule is C[C@@H]1COCCN1c1cc(-c2ccc(N3CCOCC3)cc2)c2cnn(-c3ccn[nH]3)c2n1. The number of aromatic nitrogens is 5. The summed E-state index contributed by atoms with van der Waals surface area (Å²) in [5.41, 5.74) is 4.30. The van der Waals surface area contributed by atoms with Crippen molar-refractivity contribution in [3.8, 4) is 16.9 Å².